The van der Waals surface area contributed by atoms with Gasteiger partial charge >= 0.3 is 0 Å². The van der Waals surface area contributed by atoms with Crippen LogP contribution in [0.3, 0.4) is 0 Å². The molecule has 0 aliphatic heterocycles. The number of fused-ring (bicyclic) bond motifs is 1. The normalized spacial score (nSPS) is 10.8. The molecule has 2 aromatic heterocycles. The van der Waals surface area contributed by atoms with E-state index < -0.39 is 0 Å². The summed E-state index contributed by atoms with van der Waals surface area (Å²) in [7, 11) is 0. The zero-order valence-electron chi connectivity index (χ0n) is 10.9. The molecule has 4 nitrogen and oxygen atoms in total. The van der Waals surface area contributed by atoms with Crippen LogP contribution in [0.1, 0.15) is 11.4 Å². The molecule has 3 rings (SSSR count). The molecule has 0 amide bonds. The Labute approximate surface area is 111 Å². The van der Waals surface area contributed by atoms with Crippen molar-refractivity contribution < 1.29 is 0 Å². The SMILES string of the molecule is Cc1ccc(NCCc2nc3ccncc3[nH]2)cc1. The predicted octanol–water partition coefficient (Wildman–Crippen LogP) is 2.92. The van der Waals surface area contributed by atoms with Crippen LogP contribution in [0.2, 0.25) is 0 Å². The Morgan fingerprint density at radius 3 is 2.79 bits per heavy atom. The summed E-state index contributed by atoms with van der Waals surface area (Å²) < 4.78 is 0. The number of aryl methyl sites for hydroxylation is 1. The third kappa shape index (κ3) is 2.73. The van der Waals surface area contributed by atoms with Crippen molar-refractivity contribution in [2.24, 2.45) is 0 Å². The van der Waals surface area contributed by atoms with Gasteiger partial charge in [0.15, 0.2) is 0 Å². The van der Waals surface area contributed by atoms with E-state index in [1.165, 1.54) is 5.56 Å². The number of anilines is 1. The van der Waals surface area contributed by atoms with E-state index in [0.717, 1.165) is 35.5 Å². The Kier molecular flexibility index (Phi) is 3.14. The van der Waals surface area contributed by atoms with Crippen molar-refractivity contribution in [3.05, 3.63) is 54.1 Å². The van der Waals surface area contributed by atoms with Gasteiger partial charge < -0.3 is 10.3 Å². The van der Waals surface area contributed by atoms with Gasteiger partial charge in [0.25, 0.3) is 0 Å². The number of nitrogens with zero attached hydrogens (tertiary/aromatic N) is 2. The summed E-state index contributed by atoms with van der Waals surface area (Å²) in [5.74, 6) is 0.989. The first-order chi connectivity index (χ1) is 9.31. The summed E-state index contributed by atoms with van der Waals surface area (Å²) in [4.78, 5) is 11.9. The lowest BCUT2D eigenvalue weighted by Crippen LogP contribution is -2.05. The second-order valence-electron chi connectivity index (χ2n) is 4.62. The standard InChI is InChI=1S/C15H16N4/c1-11-2-4-12(5-3-11)17-9-7-15-18-13-6-8-16-10-14(13)19-15/h2-6,8,10,17H,7,9H2,1H3,(H,18,19). The fourth-order valence-electron chi connectivity index (χ4n) is 2.02. The minimum Gasteiger partial charge on any atom is -0.385 e. The number of pyridine rings is 1. The highest BCUT2D eigenvalue weighted by molar-refractivity contribution is 5.73. The van der Waals surface area contributed by atoms with E-state index >= 15 is 0 Å². The number of rotatable bonds is 4. The molecule has 0 aliphatic carbocycles. The largest absolute Gasteiger partial charge is 0.385 e. The maximum atomic E-state index is 4.52. The van der Waals surface area contributed by atoms with Crippen LogP contribution in [0.25, 0.3) is 11.0 Å². The lowest BCUT2D eigenvalue weighted by atomic mass is 10.2. The van der Waals surface area contributed by atoms with Gasteiger partial charge in [0.1, 0.15) is 5.82 Å². The molecule has 4 heteroatoms. The van der Waals surface area contributed by atoms with Crippen molar-refractivity contribution in [3.8, 4) is 0 Å². The molecule has 1 aromatic carbocycles. The molecule has 0 spiro atoms. The molecule has 0 saturated heterocycles. The molecule has 0 bridgehead atoms. The van der Waals surface area contributed by atoms with E-state index in [1.807, 2.05) is 6.07 Å². The van der Waals surface area contributed by atoms with E-state index in [0.29, 0.717) is 0 Å². The van der Waals surface area contributed by atoms with Gasteiger partial charge in [-0.1, -0.05) is 17.7 Å². The van der Waals surface area contributed by atoms with E-state index in [-0.39, 0.29) is 0 Å². The summed E-state index contributed by atoms with van der Waals surface area (Å²) in [6, 6.07) is 10.3. The van der Waals surface area contributed by atoms with Crippen LogP contribution >= 0.6 is 0 Å². The third-order valence-electron chi connectivity index (χ3n) is 3.07. The number of aromatic amines is 1. The molecule has 0 unspecified atom stereocenters. The fraction of sp³-hybridized carbons (Fsp3) is 0.200. The zero-order valence-corrected chi connectivity index (χ0v) is 10.9. The summed E-state index contributed by atoms with van der Waals surface area (Å²) in [6.45, 7) is 2.95. The van der Waals surface area contributed by atoms with Gasteiger partial charge in [-0.15, -0.1) is 0 Å². The van der Waals surface area contributed by atoms with E-state index in [9.17, 15) is 0 Å². The van der Waals surface area contributed by atoms with Gasteiger partial charge in [-0.3, -0.25) is 4.98 Å². The summed E-state index contributed by atoms with van der Waals surface area (Å²) >= 11 is 0. The quantitative estimate of drug-likeness (QED) is 0.750. The van der Waals surface area contributed by atoms with Crippen molar-refractivity contribution in [3.63, 3.8) is 0 Å². The first-order valence-corrected chi connectivity index (χ1v) is 6.40. The molecule has 0 saturated carbocycles. The van der Waals surface area contributed by atoms with Crippen molar-refractivity contribution >= 4 is 16.7 Å². The van der Waals surface area contributed by atoms with Crippen molar-refractivity contribution in [1.82, 2.24) is 15.0 Å². The number of aromatic nitrogens is 3. The van der Waals surface area contributed by atoms with E-state index in [1.54, 1.807) is 12.4 Å². The van der Waals surface area contributed by atoms with Crippen LogP contribution in [0, 0.1) is 6.92 Å². The van der Waals surface area contributed by atoms with Gasteiger partial charge in [-0.25, -0.2) is 4.98 Å². The number of benzene rings is 1. The van der Waals surface area contributed by atoms with Gasteiger partial charge in [-0.2, -0.15) is 0 Å². The van der Waals surface area contributed by atoms with Crippen molar-refractivity contribution in [2.45, 2.75) is 13.3 Å². The molecule has 0 radical (unpaired) electrons. The van der Waals surface area contributed by atoms with Gasteiger partial charge in [-0.05, 0) is 25.1 Å². The molecule has 0 fully saturated rings. The molecular formula is C15H16N4. The highest BCUT2D eigenvalue weighted by Crippen LogP contribution is 2.11. The summed E-state index contributed by atoms with van der Waals surface area (Å²) in [6.07, 6.45) is 4.43. The van der Waals surface area contributed by atoms with Gasteiger partial charge in [0, 0.05) is 24.8 Å². The monoisotopic (exact) mass is 252 g/mol. The van der Waals surface area contributed by atoms with Crippen LogP contribution in [0.15, 0.2) is 42.7 Å². The Bertz CT molecular complexity index is 637. The Balaban J connectivity index is 1.61. The maximum Gasteiger partial charge on any atom is 0.109 e. The molecule has 3 aromatic rings. The van der Waals surface area contributed by atoms with Crippen LogP contribution in [-0.4, -0.2) is 21.5 Å². The molecular weight excluding hydrogens is 236 g/mol. The minimum absolute atomic E-state index is 0.857. The molecule has 0 aliphatic rings. The second kappa shape index (κ2) is 5.10. The lowest BCUT2D eigenvalue weighted by Gasteiger charge is -2.05. The lowest BCUT2D eigenvalue weighted by molar-refractivity contribution is 0.934. The van der Waals surface area contributed by atoms with Crippen LogP contribution in [-0.2, 0) is 6.42 Å². The molecule has 0 atom stereocenters. The molecule has 19 heavy (non-hydrogen) atoms. The van der Waals surface area contributed by atoms with Crippen molar-refractivity contribution in [1.29, 1.82) is 0 Å². The van der Waals surface area contributed by atoms with Gasteiger partial charge in [0.2, 0.25) is 0 Å². The highest BCUT2D eigenvalue weighted by Gasteiger charge is 2.01. The van der Waals surface area contributed by atoms with E-state index in [2.05, 4.69) is 51.5 Å². The second-order valence-corrected chi connectivity index (χ2v) is 4.62. The molecule has 96 valence electrons. The predicted molar refractivity (Wildman–Crippen MR) is 77.3 cm³/mol. The topological polar surface area (TPSA) is 53.6 Å². The number of hydrogen-bond donors (Lipinski definition) is 2. The highest BCUT2D eigenvalue weighted by atomic mass is 14.9. The van der Waals surface area contributed by atoms with E-state index in [4.69, 9.17) is 0 Å². The number of hydrogen-bond acceptors (Lipinski definition) is 3. The molecule has 2 N–H and O–H groups in total. The maximum absolute atomic E-state index is 4.52. The Morgan fingerprint density at radius 2 is 2.00 bits per heavy atom. The first-order valence-electron chi connectivity index (χ1n) is 6.40. The van der Waals surface area contributed by atoms with Crippen molar-refractivity contribution in [2.75, 3.05) is 11.9 Å². The average Bonchev–Trinajstić information content (AvgIpc) is 2.83. The van der Waals surface area contributed by atoms with Gasteiger partial charge in [0.05, 0.1) is 17.2 Å². The average molecular weight is 252 g/mol. The number of H-pyrrole nitrogens is 1. The van der Waals surface area contributed by atoms with Crippen LogP contribution in [0.5, 0.6) is 0 Å². The van der Waals surface area contributed by atoms with Crippen LogP contribution in [0.4, 0.5) is 5.69 Å². The Morgan fingerprint density at radius 1 is 1.16 bits per heavy atom. The fourth-order valence-corrected chi connectivity index (χ4v) is 2.02. The third-order valence-corrected chi connectivity index (χ3v) is 3.07. The number of nitrogens with one attached hydrogen (secondary N) is 2. The smallest absolute Gasteiger partial charge is 0.109 e. The van der Waals surface area contributed by atoms with Crippen LogP contribution < -0.4 is 5.32 Å². The summed E-state index contributed by atoms with van der Waals surface area (Å²) in [5, 5.41) is 3.39. The number of imidazole rings is 1. The Hall–Kier alpha value is -2.36. The zero-order chi connectivity index (χ0) is 13.1. The first kappa shape index (κ1) is 11.7. The molecule has 2 heterocycles. The summed E-state index contributed by atoms with van der Waals surface area (Å²) in [5.41, 5.74) is 4.38. The minimum atomic E-state index is 0.857.